The second kappa shape index (κ2) is 7.40. The number of rotatable bonds is 4. The Labute approximate surface area is 170 Å². The van der Waals surface area contributed by atoms with Crippen LogP contribution in [0.4, 0.5) is 19.0 Å². The number of halogens is 3. The summed E-state index contributed by atoms with van der Waals surface area (Å²) in [5.41, 5.74) is 0.762. The normalized spacial score (nSPS) is 16.0. The Kier molecular flexibility index (Phi) is 4.89. The van der Waals surface area contributed by atoms with Gasteiger partial charge in [0.15, 0.2) is 0 Å². The highest BCUT2D eigenvalue weighted by Gasteiger charge is 2.34. The minimum atomic E-state index is -4.47. The van der Waals surface area contributed by atoms with Gasteiger partial charge >= 0.3 is 6.18 Å². The summed E-state index contributed by atoms with van der Waals surface area (Å²) < 4.78 is 51.5. The predicted octanol–water partition coefficient (Wildman–Crippen LogP) is 4.38. The van der Waals surface area contributed by atoms with E-state index in [9.17, 15) is 18.0 Å². The van der Waals surface area contributed by atoms with E-state index in [0.717, 1.165) is 17.7 Å². The molecule has 2 aromatic carbocycles. The van der Waals surface area contributed by atoms with Gasteiger partial charge in [-0.15, -0.1) is 0 Å². The van der Waals surface area contributed by atoms with E-state index in [2.05, 4.69) is 10.3 Å². The van der Waals surface area contributed by atoms with Crippen molar-refractivity contribution in [3.05, 3.63) is 65.6 Å². The number of amides is 1. The molecule has 1 N–H and O–H groups in total. The number of nitrogens with one attached hydrogen (secondary N) is 1. The van der Waals surface area contributed by atoms with Gasteiger partial charge in [-0.25, -0.2) is 4.98 Å². The van der Waals surface area contributed by atoms with Crippen molar-refractivity contribution in [1.82, 2.24) is 9.55 Å². The number of nitrogens with zero attached hydrogens (tertiary/aromatic N) is 2. The van der Waals surface area contributed by atoms with Gasteiger partial charge in [0.25, 0.3) is 0 Å². The molecule has 0 radical (unpaired) electrons. The molecule has 3 aromatic rings. The van der Waals surface area contributed by atoms with Gasteiger partial charge in [-0.05, 0) is 24.3 Å². The van der Waals surface area contributed by atoms with Crippen LogP contribution in [-0.4, -0.2) is 29.7 Å². The Hall–Kier alpha value is -3.49. The fourth-order valence-corrected chi connectivity index (χ4v) is 3.60. The Morgan fingerprint density at radius 3 is 2.63 bits per heavy atom. The predicted molar refractivity (Wildman–Crippen MR) is 103 cm³/mol. The molecule has 0 saturated heterocycles. The van der Waals surface area contributed by atoms with Gasteiger partial charge in [0.05, 0.1) is 25.5 Å². The highest BCUT2D eigenvalue weighted by Crippen LogP contribution is 2.42. The van der Waals surface area contributed by atoms with Crippen molar-refractivity contribution in [3.63, 3.8) is 0 Å². The Bertz CT molecular complexity index is 1110. The highest BCUT2D eigenvalue weighted by molar-refractivity contribution is 5.94. The van der Waals surface area contributed by atoms with E-state index in [-0.39, 0.29) is 18.0 Å². The van der Waals surface area contributed by atoms with E-state index < -0.39 is 17.7 Å². The van der Waals surface area contributed by atoms with Crippen LogP contribution in [0.3, 0.4) is 0 Å². The van der Waals surface area contributed by atoms with E-state index in [1.807, 2.05) is 0 Å². The molecule has 0 unspecified atom stereocenters. The van der Waals surface area contributed by atoms with Crippen LogP contribution in [0.15, 0.2) is 48.8 Å². The van der Waals surface area contributed by atoms with Crippen molar-refractivity contribution in [3.8, 4) is 17.2 Å². The monoisotopic (exact) mass is 417 g/mol. The lowest BCUT2D eigenvalue weighted by molar-refractivity contribution is -0.137. The van der Waals surface area contributed by atoms with Crippen LogP contribution in [0.2, 0.25) is 0 Å². The number of anilines is 1. The molecule has 0 fully saturated rings. The molecule has 0 bridgehead atoms. The lowest BCUT2D eigenvalue weighted by Crippen LogP contribution is -2.25. The van der Waals surface area contributed by atoms with Gasteiger partial charge in [-0.3, -0.25) is 9.36 Å². The molecule has 9 heteroatoms. The van der Waals surface area contributed by atoms with Gasteiger partial charge < -0.3 is 14.8 Å². The minimum absolute atomic E-state index is 0.134. The smallest absolute Gasteiger partial charge is 0.416 e. The van der Waals surface area contributed by atoms with Crippen molar-refractivity contribution in [2.75, 3.05) is 19.5 Å². The molecule has 0 spiro atoms. The van der Waals surface area contributed by atoms with Crippen LogP contribution < -0.4 is 14.8 Å². The summed E-state index contributed by atoms with van der Waals surface area (Å²) in [4.78, 5) is 16.9. The first-order valence-electron chi connectivity index (χ1n) is 9.08. The zero-order chi connectivity index (χ0) is 21.5. The van der Waals surface area contributed by atoms with Crippen LogP contribution in [0.5, 0.6) is 11.5 Å². The number of fused-ring (bicyclic) bond motifs is 1. The number of ether oxygens (including phenoxy) is 2. The van der Waals surface area contributed by atoms with Crippen molar-refractivity contribution >= 4 is 11.7 Å². The maximum absolute atomic E-state index is 13.1. The standard InChI is InChI=1S/C21H18F3N3O3/c1-29-14-6-7-15(17(9-14)30-2)16-10-18(28)26-20-19(16)25-11-27(20)13-5-3-4-12(8-13)21(22,23)24/h3-9,11,16H,10H2,1-2H3,(H,26,28)/t16-/m0/s1. The Morgan fingerprint density at radius 2 is 1.93 bits per heavy atom. The van der Waals surface area contributed by atoms with Gasteiger partial charge in [-0.1, -0.05) is 12.1 Å². The number of imidazole rings is 1. The summed E-state index contributed by atoms with van der Waals surface area (Å²) in [6, 6.07) is 10.1. The second-order valence-corrected chi connectivity index (χ2v) is 6.81. The molecule has 4 rings (SSSR count). The molecule has 0 aliphatic carbocycles. The quantitative estimate of drug-likeness (QED) is 0.684. The molecule has 156 valence electrons. The number of alkyl halides is 3. The van der Waals surface area contributed by atoms with Crippen LogP contribution >= 0.6 is 0 Å². The van der Waals surface area contributed by atoms with Gasteiger partial charge in [0, 0.05) is 29.7 Å². The fourth-order valence-electron chi connectivity index (χ4n) is 3.60. The summed E-state index contributed by atoms with van der Waals surface area (Å²) in [5, 5.41) is 2.74. The average molecular weight is 417 g/mol. The van der Waals surface area contributed by atoms with Gasteiger partial charge in [-0.2, -0.15) is 13.2 Å². The molecule has 0 saturated carbocycles. The second-order valence-electron chi connectivity index (χ2n) is 6.81. The van der Waals surface area contributed by atoms with E-state index in [1.165, 1.54) is 37.2 Å². The molecule has 6 nitrogen and oxygen atoms in total. The maximum Gasteiger partial charge on any atom is 0.416 e. The van der Waals surface area contributed by atoms with Crippen LogP contribution in [0, 0.1) is 0 Å². The van der Waals surface area contributed by atoms with E-state index >= 15 is 0 Å². The number of benzene rings is 2. The summed E-state index contributed by atoms with van der Waals surface area (Å²) in [7, 11) is 3.06. The van der Waals surface area contributed by atoms with E-state index in [0.29, 0.717) is 23.0 Å². The highest BCUT2D eigenvalue weighted by atomic mass is 19.4. The summed E-state index contributed by atoms with van der Waals surface area (Å²) in [6.07, 6.45) is -2.93. The van der Waals surface area contributed by atoms with Crippen LogP contribution in [0.1, 0.15) is 29.2 Å². The molecular formula is C21H18F3N3O3. The molecular weight excluding hydrogens is 399 g/mol. The lowest BCUT2D eigenvalue weighted by atomic mass is 9.89. The number of carbonyl (C=O) groups excluding carboxylic acids is 1. The average Bonchev–Trinajstić information content (AvgIpc) is 3.16. The largest absolute Gasteiger partial charge is 0.497 e. The van der Waals surface area contributed by atoms with Crippen molar-refractivity contribution in [1.29, 1.82) is 0 Å². The molecule has 1 amide bonds. The van der Waals surface area contributed by atoms with E-state index in [1.54, 1.807) is 18.2 Å². The van der Waals surface area contributed by atoms with Crippen LogP contribution in [0.25, 0.3) is 5.69 Å². The first-order chi connectivity index (χ1) is 14.3. The van der Waals surface area contributed by atoms with Gasteiger partial charge in [0.2, 0.25) is 5.91 Å². The number of hydrogen-bond donors (Lipinski definition) is 1. The Balaban J connectivity index is 1.81. The molecule has 1 aliphatic rings. The third-order valence-electron chi connectivity index (χ3n) is 5.04. The summed E-state index contributed by atoms with van der Waals surface area (Å²) in [5.74, 6) is 0.799. The first kappa shape index (κ1) is 19.8. The molecule has 2 heterocycles. The third-order valence-corrected chi connectivity index (χ3v) is 5.04. The summed E-state index contributed by atoms with van der Waals surface area (Å²) >= 11 is 0. The first-order valence-corrected chi connectivity index (χ1v) is 9.08. The number of hydrogen-bond acceptors (Lipinski definition) is 4. The van der Waals surface area contributed by atoms with Crippen molar-refractivity contribution in [2.45, 2.75) is 18.5 Å². The number of carbonyl (C=O) groups is 1. The molecule has 1 aromatic heterocycles. The Morgan fingerprint density at radius 1 is 1.13 bits per heavy atom. The zero-order valence-electron chi connectivity index (χ0n) is 16.2. The topological polar surface area (TPSA) is 65.4 Å². The fraction of sp³-hybridized carbons (Fsp3) is 0.238. The molecule has 1 atom stereocenters. The van der Waals surface area contributed by atoms with Crippen molar-refractivity contribution < 1.29 is 27.4 Å². The maximum atomic E-state index is 13.1. The summed E-state index contributed by atoms with van der Waals surface area (Å²) in [6.45, 7) is 0. The number of methoxy groups -OCH3 is 2. The minimum Gasteiger partial charge on any atom is -0.497 e. The molecule has 1 aliphatic heterocycles. The molecule has 30 heavy (non-hydrogen) atoms. The van der Waals surface area contributed by atoms with Crippen molar-refractivity contribution in [2.24, 2.45) is 0 Å². The van der Waals surface area contributed by atoms with E-state index in [4.69, 9.17) is 9.47 Å². The third kappa shape index (κ3) is 3.47. The lowest BCUT2D eigenvalue weighted by Gasteiger charge is -2.25. The SMILES string of the molecule is COc1ccc([C@@H]2CC(=O)Nc3c2ncn3-c2cccc(C(F)(F)F)c2)c(OC)c1. The van der Waals surface area contributed by atoms with Gasteiger partial charge in [0.1, 0.15) is 23.6 Å². The van der Waals surface area contributed by atoms with Crippen LogP contribution in [-0.2, 0) is 11.0 Å². The zero-order valence-corrected chi connectivity index (χ0v) is 16.2. The number of aromatic nitrogens is 2.